The molecule has 4 amide bonds. The van der Waals surface area contributed by atoms with Crippen LogP contribution in [0.2, 0.25) is 0 Å². The van der Waals surface area contributed by atoms with E-state index in [9.17, 15) is 32.3 Å². The third-order valence-electron chi connectivity index (χ3n) is 4.32. The topological polar surface area (TPSA) is 95.6 Å². The second kappa shape index (κ2) is 7.74. The Hall–Kier alpha value is -3.69. The summed E-state index contributed by atoms with van der Waals surface area (Å²) < 4.78 is 39.7. The third kappa shape index (κ3) is 3.68. The Morgan fingerprint density at radius 2 is 1.55 bits per heavy atom. The number of fused-ring (bicyclic) bond motifs is 1. The van der Waals surface area contributed by atoms with Gasteiger partial charge < -0.3 is 10.6 Å². The number of benzene rings is 2. The van der Waals surface area contributed by atoms with Gasteiger partial charge in [0.2, 0.25) is 11.8 Å². The van der Waals surface area contributed by atoms with Gasteiger partial charge in [-0.3, -0.25) is 24.1 Å². The van der Waals surface area contributed by atoms with E-state index >= 15 is 0 Å². The van der Waals surface area contributed by atoms with Crippen LogP contribution in [0, 0.1) is 17.5 Å². The maximum atomic E-state index is 13.6. The van der Waals surface area contributed by atoms with Crippen LogP contribution in [0.4, 0.5) is 18.9 Å². The molecule has 10 heteroatoms. The number of imide groups is 1. The Kier molecular flexibility index (Phi) is 5.35. The molecule has 150 valence electrons. The van der Waals surface area contributed by atoms with Gasteiger partial charge in [0.05, 0.1) is 23.4 Å². The minimum Gasteiger partial charge on any atom is -0.345 e. The molecule has 0 unspecified atom stereocenters. The maximum absolute atomic E-state index is 13.6. The van der Waals surface area contributed by atoms with Crippen LogP contribution in [-0.4, -0.2) is 41.1 Å². The van der Waals surface area contributed by atoms with Crippen LogP contribution >= 0.6 is 0 Å². The number of nitrogens with zero attached hydrogens (tertiary/aromatic N) is 1. The molecular weight excluding hydrogens is 391 g/mol. The normalized spacial score (nSPS) is 13.9. The standard InChI is InChI=1S/C19H14F3N3O4/c1-9(25-18(28)10-4-2-3-5-11(10)19(25)29)17(27)23-8-14(26)24-13-7-6-12(20)15(21)16(13)22/h2-7,9H,8H2,1H3,(H,23,27)(H,24,26)/t9-/m0/s1. The summed E-state index contributed by atoms with van der Waals surface area (Å²) in [6, 6.07) is 6.34. The molecular formula is C19H14F3N3O4. The van der Waals surface area contributed by atoms with Crippen molar-refractivity contribution >= 4 is 29.3 Å². The fourth-order valence-electron chi connectivity index (χ4n) is 2.81. The molecule has 2 N–H and O–H groups in total. The third-order valence-corrected chi connectivity index (χ3v) is 4.32. The monoisotopic (exact) mass is 405 g/mol. The van der Waals surface area contributed by atoms with Crippen molar-refractivity contribution in [2.24, 2.45) is 0 Å². The number of anilines is 1. The molecule has 1 aliphatic heterocycles. The van der Waals surface area contributed by atoms with Crippen molar-refractivity contribution in [1.82, 2.24) is 10.2 Å². The highest BCUT2D eigenvalue weighted by molar-refractivity contribution is 6.22. The SMILES string of the molecule is C[C@@H](C(=O)NCC(=O)Nc1ccc(F)c(F)c1F)N1C(=O)c2ccccc2C1=O. The Morgan fingerprint density at radius 3 is 2.14 bits per heavy atom. The first kappa shape index (κ1) is 20.1. The Balaban J connectivity index is 1.61. The van der Waals surface area contributed by atoms with Gasteiger partial charge in [0, 0.05) is 0 Å². The molecule has 0 saturated carbocycles. The zero-order valence-electron chi connectivity index (χ0n) is 15.0. The molecule has 0 bridgehead atoms. The zero-order valence-corrected chi connectivity index (χ0v) is 15.0. The number of hydrogen-bond donors (Lipinski definition) is 2. The molecule has 1 atom stereocenters. The molecule has 1 aliphatic rings. The average molecular weight is 405 g/mol. The molecule has 0 fully saturated rings. The minimum absolute atomic E-state index is 0.170. The minimum atomic E-state index is -1.74. The van der Waals surface area contributed by atoms with Crippen LogP contribution in [0.5, 0.6) is 0 Å². The molecule has 3 rings (SSSR count). The highest BCUT2D eigenvalue weighted by Crippen LogP contribution is 2.24. The summed E-state index contributed by atoms with van der Waals surface area (Å²) in [7, 11) is 0. The van der Waals surface area contributed by atoms with Crippen molar-refractivity contribution in [3.8, 4) is 0 Å². The quantitative estimate of drug-likeness (QED) is 0.586. The lowest BCUT2D eigenvalue weighted by atomic mass is 10.1. The summed E-state index contributed by atoms with van der Waals surface area (Å²) in [5, 5.41) is 4.20. The fourth-order valence-corrected chi connectivity index (χ4v) is 2.81. The molecule has 0 aromatic heterocycles. The van der Waals surface area contributed by atoms with Gasteiger partial charge in [-0.25, -0.2) is 13.2 Å². The van der Waals surface area contributed by atoms with Crippen LogP contribution in [-0.2, 0) is 9.59 Å². The first-order chi connectivity index (χ1) is 13.7. The smallest absolute Gasteiger partial charge is 0.262 e. The number of halogens is 3. The van der Waals surface area contributed by atoms with E-state index in [0.29, 0.717) is 6.07 Å². The number of hydrogen-bond acceptors (Lipinski definition) is 4. The van der Waals surface area contributed by atoms with Crippen molar-refractivity contribution in [1.29, 1.82) is 0 Å². The largest absolute Gasteiger partial charge is 0.345 e. The van der Waals surface area contributed by atoms with Crippen molar-refractivity contribution in [2.75, 3.05) is 11.9 Å². The Bertz CT molecular complexity index is 1010. The number of nitrogens with one attached hydrogen (secondary N) is 2. The lowest BCUT2D eigenvalue weighted by molar-refractivity contribution is -0.126. The molecule has 29 heavy (non-hydrogen) atoms. The van der Waals surface area contributed by atoms with Crippen LogP contribution in [0.3, 0.4) is 0 Å². The molecule has 7 nitrogen and oxygen atoms in total. The van der Waals surface area contributed by atoms with Gasteiger partial charge in [-0.15, -0.1) is 0 Å². The van der Waals surface area contributed by atoms with Crippen molar-refractivity contribution in [3.63, 3.8) is 0 Å². The molecule has 1 heterocycles. The van der Waals surface area contributed by atoms with E-state index in [1.54, 1.807) is 12.1 Å². The van der Waals surface area contributed by atoms with E-state index < -0.39 is 59.4 Å². The lowest BCUT2D eigenvalue weighted by Crippen LogP contribution is -2.49. The molecule has 0 radical (unpaired) electrons. The number of rotatable bonds is 5. The summed E-state index contributed by atoms with van der Waals surface area (Å²) in [6.45, 7) is 0.661. The predicted octanol–water partition coefficient (Wildman–Crippen LogP) is 1.84. The van der Waals surface area contributed by atoms with E-state index in [1.807, 2.05) is 5.32 Å². The van der Waals surface area contributed by atoms with Gasteiger partial charge in [0.1, 0.15) is 6.04 Å². The summed E-state index contributed by atoms with van der Waals surface area (Å²) in [6.07, 6.45) is 0. The first-order valence-corrected chi connectivity index (χ1v) is 8.40. The van der Waals surface area contributed by atoms with Crippen molar-refractivity contribution in [3.05, 3.63) is 65.0 Å². The zero-order chi connectivity index (χ0) is 21.3. The average Bonchev–Trinajstić information content (AvgIpc) is 2.96. The van der Waals surface area contributed by atoms with Gasteiger partial charge >= 0.3 is 0 Å². The second-order valence-corrected chi connectivity index (χ2v) is 6.19. The predicted molar refractivity (Wildman–Crippen MR) is 94.4 cm³/mol. The highest BCUT2D eigenvalue weighted by atomic mass is 19.2. The van der Waals surface area contributed by atoms with Gasteiger partial charge in [-0.1, -0.05) is 12.1 Å². The summed E-state index contributed by atoms with van der Waals surface area (Å²) in [5.74, 6) is -7.74. The fraction of sp³-hybridized carbons (Fsp3) is 0.158. The summed E-state index contributed by atoms with van der Waals surface area (Å²) in [5.41, 5.74) is -0.260. The van der Waals surface area contributed by atoms with Crippen molar-refractivity contribution in [2.45, 2.75) is 13.0 Å². The molecule has 0 aliphatic carbocycles. The van der Waals surface area contributed by atoms with Gasteiger partial charge in [-0.2, -0.15) is 0 Å². The van der Waals surface area contributed by atoms with Gasteiger partial charge in [0.15, 0.2) is 17.5 Å². The van der Waals surface area contributed by atoms with Crippen molar-refractivity contribution < 1.29 is 32.3 Å². The van der Waals surface area contributed by atoms with E-state index in [2.05, 4.69) is 5.32 Å². The summed E-state index contributed by atoms with van der Waals surface area (Å²) in [4.78, 5) is 49.6. The molecule has 2 aromatic carbocycles. The van der Waals surface area contributed by atoms with Crippen LogP contribution in [0.25, 0.3) is 0 Å². The Labute approximate surface area is 162 Å². The van der Waals surface area contributed by atoms with E-state index in [1.165, 1.54) is 19.1 Å². The number of carbonyl (C=O) groups is 4. The van der Waals surface area contributed by atoms with E-state index in [4.69, 9.17) is 0 Å². The van der Waals surface area contributed by atoms with Gasteiger partial charge in [0.25, 0.3) is 11.8 Å². The van der Waals surface area contributed by atoms with E-state index in [0.717, 1.165) is 11.0 Å². The van der Waals surface area contributed by atoms with E-state index in [-0.39, 0.29) is 11.1 Å². The maximum Gasteiger partial charge on any atom is 0.262 e. The van der Waals surface area contributed by atoms with Crippen LogP contribution < -0.4 is 10.6 Å². The van der Waals surface area contributed by atoms with Crippen LogP contribution in [0.15, 0.2) is 36.4 Å². The molecule has 0 spiro atoms. The Morgan fingerprint density at radius 1 is 0.966 bits per heavy atom. The van der Waals surface area contributed by atoms with Gasteiger partial charge in [-0.05, 0) is 31.2 Å². The number of amides is 4. The second-order valence-electron chi connectivity index (χ2n) is 6.19. The number of carbonyl (C=O) groups excluding carboxylic acids is 4. The van der Waals surface area contributed by atoms with Crippen LogP contribution in [0.1, 0.15) is 27.6 Å². The lowest BCUT2D eigenvalue weighted by Gasteiger charge is -2.21. The summed E-state index contributed by atoms with van der Waals surface area (Å²) >= 11 is 0. The molecule has 2 aromatic rings. The highest BCUT2D eigenvalue weighted by Gasteiger charge is 2.40. The molecule has 0 saturated heterocycles. The first-order valence-electron chi connectivity index (χ1n) is 8.40.